The summed E-state index contributed by atoms with van der Waals surface area (Å²) in [6.07, 6.45) is 2.22. The van der Waals surface area contributed by atoms with E-state index in [1.807, 2.05) is 6.92 Å². The molecule has 1 N–H and O–H groups in total. The van der Waals surface area contributed by atoms with E-state index in [0.717, 1.165) is 11.3 Å². The summed E-state index contributed by atoms with van der Waals surface area (Å²) in [5.74, 6) is -1.19. The molecule has 2 heterocycles. The van der Waals surface area contributed by atoms with Gasteiger partial charge in [-0.15, -0.1) is 11.3 Å². The second-order valence-corrected chi connectivity index (χ2v) is 8.27. The fourth-order valence-corrected chi connectivity index (χ4v) is 4.03. The summed E-state index contributed by atoms with van der Waals surface area (Å²) in [4.78, 5) is 37.6. The third-order valence-electron chi connectivity index (χ3n) is 4.44. The van der Waals surface area contributed by atoms with Gasteiger partial charge in [-0.05, 0) is 49.2 Å². The van der Waals surface area contributed by atoms with Crippen LogP contribution in [0.25, 0.3) is 0 Å². The lowest BCUT2D eigenvalue weighted by Gasteiger charge is -2.07. The molecule has 0 saturated heterocycles. The lowest BCUT2D eigenvalue weighted by Crippen LogP contribution is -2.16. The summed E-state index contributed by atoms with van der Waals surface area (Å²) in [6, 6.07) is 8.35. The number of carbonyl (C=O) groups excluding carboxylic acids is 3. The number of carbonyl (C=O) groups is 3. The van der Waals surface area contributed by atoms with Crippen molar-refractivity contribution in [1.82, 2.24) is 9.78 Å². The molecule has 0 aliphatic rings. The maximum Gasteiger partial charge on any atom is 0.348 e. The Morgan fingerprint density at radius 1 is 1.15 bits per heavy atom. The zero-order chi connectivity index (χ0) is 24.0. The monoisotopic (exact) mass is 491 g/mol. The van der Waals surface area contributed by atoms with Crippen molar-refractivity contribution in [2.24, 2.45) is 0 Å². The average Bonchev–Trinajstić information content (AvgIpc) is 3.41. The number of halogens is 1. The molecule has 1 amide bonds. The minimum atomic E-state index is -0.627. The van der Waals surface area contributed by atoms with Gasteiger partial charge in [0, 0.05) is 11.2 Å². The number of benzene rings is 1. The number of aromatic nitrogens is 2. The highest BCUT2D eigenvalue weighted by molar-refractivity contribution is 7.18. The number of esters is 2. The summed E-state index contributed by atoms with van der Waals surface area (Å²) in [5.41, 5.74) is 0.603. The summed E-state index contributed by atoms with van der Waals surface area (Å²) in [6.45, 7) is 3.76. The van der Waals surface area contributed by atoms with Crippen LogP contribution in [0.2, 0.25) is 5.02 Å². The fourth-order valence-electron chi connectivity index (χ4n) is 2.79. The Morgan fingerprint density at radius 2 is 1.88 bits per heavy atom. The topological polar surface area (TPSA) is 109 Å². The predicted molar refractivity (Wildman–Crippen MR) is 123 cm³/mol. The molecule has 0 radical (unpaired) electrons. The van der Waals surface area contributed by atoms with E-state index in [1.165, 1.54) is 17.9 Å². The Labute approximate surface area is 199 Å². The number of thiophene rings is 1. The number of nitrogens with one attached hydrogen (secondary N) is 1. The van der Waals surface area contributed by atoms with E-state index in [9.17, 15) is 14.4 Å². The number of anilines is 1. The third kappa shape index (κ3) is 5.91. The van der Waals surface area contributed by atoms with E-state index in [1.54, 1.807) is 37.4 Å². The lowest BCUT2D eigenvalue weighted by molar-refractivity contribution is 0.0506. The van der Waals surface area contributed by atoms with Crippen molar-refractivity contribution >= 4 is 45.8 Å². The van der Waals surface area contributed by atoms with Crippen LogP contribution in [0.5, 0.6) is 5.75 Å². The molecule has 3 rings (SSSR count). The van der Waals surface area contributed by atoms with Crippen LogP contribution >= 0.6 is 22.9 Å². The highest BCUT2D eigenvalue weighted by atomic mass is 35.5. The number of hydrogen-bond donors (Lipinski definition) is 1. The number of rotatable bonds is 9. The molecule has 0 aliphatic heterocycles. The first-order valence-corrected chi connectivity index (χ1v) is 11.2. The van der Waals surface area contributed by atoms with Gasteiger partial charge in [0.1, 0.15) is 15.6 Å². The van der Waals surface area contributed by atoms with Crippen molar-refractivity contribution in [3.63, 3.8) is 0 Å². The molecule has 0 fully saturated rings. The molecule has 0 bridgehead atoms. The van der Waals surface area contributed by atoms with Gasteiger partial charge in [0.25, 0.3) is 5.91 Å². The highest BCUT2D eigenvalue weighted by Crippen LogP contribution is 2.34. The first-order chi connectivity index (χ1) is 15.8. The van der Waals surface area contributed by atoms with Gasteiger partial charge in [0.2, 0.25) is 0 Å². The summed E-state index contributed by atoms with van der Waals surface area (Å²) >= 11 is 6.80. The van der Waals surface area contributed by atoms with Crippen molar-refractivity contribution in [3.05, 3.63) is 63.2 Å². The van der Waals surface area contributed by atoms with Crippen molar-refractivity contribution in [2.45, 2.75) is 27.0 Å². The molecule has 9 nitrogen and oxygen atoms in total. The Balaban J connectivity index is 1.75. The number of methoxy groups -OCH3 is 1. The molecule has 0 unspecified atom stereocenters. The van der Waals surface area contributed by atoms with Crippen LogP contribution in [0.1, 0.15) is 49.4 Å². The van der Waals surface area contributed by atoms with E-state index < -0.39 is 17.8 Å². The van der Waals surface area contributed by atoms with Crippen molar-refractivity contribution in [2.75, 3.05) is 19.0 Å². The first-order valence-electron chi connectivity index (χ1n) is 9.96. The molecule has 33 heavy (non-hydrogen) atoms. The SMILES string of the molecule is CCCOC(=O)c1c(NC(=O)c2ccn(COc3ccc(Cl)cc3)n2)sc(C(=O)OC)c1C. The molecule has 2 aromatic heterocycles. The van der Waals surface area contributed by atoms with Crippen LogP contribution in [0.4, 0.5) is 5.00 Å². The molecule has 11 heteroatoms. The second kappa shape index (κ2) is 11.0. The Kier molecular flexibility index (Phi) is 8.07. The van der Waals surface area contributed by atoms with Gasteiger partial charge < -0.3 is 19.5 Å². The highest BCUT2D eigenvalue weighted by Gasteiger charge is 2.27. The van der Waals surface area contributed by atoms with Gasteiger partial charge >= 0.3 is 11.9 Å². The molecule has 0 saturated carbocycles. The van der Waals surface area contributed by atoms with Crippen LogP contribution in [-0.4, -0.2) is 41.3 Å². The minimum Gasteiger partial charge on any atom is -0.471 e. The van der Waals surface area contributed by atoms with Gasteiger partial charge in [-0.1, -0.05) is 18.5 Å². The fraction of sp³-hybridized carbons (Fsp3) is 0.273. The second-order valence-electron chi connectivity index (χ2n) is 6.81. The van der Waals surface area contributed by atoms with Gasteiger partial charge in [-0.3, -0.25) is 4.79 Å². The van der Waals surface area contributed by atoms with Gasteiger partial charge in [-0.2, -0.15) is 5.10 Å². The van der Waals surface area contributed by atoms with Crippen LogP contribution in [0.15, 0.2) is 36.5 Å². The van der Waals surface area contributed by atoms with E-state index >= 15 is 0 Å². The smallest absolute Gasteiger partial charge is 0.348 e. The Bertz CT molecular complexity index is 1160. The van der Waals surface area contributed by atoms with E-state index in [-0.39, 0.29) is 34.5 Å². The summed E-state index contributed by atoms with van der Waals surface area (Å²) in [5, 5.41) is 7.63. The quantitative estimate of drug-likeness (QED) is 0.437. The molecule has 0 atom stereocenters. The average molecular weight is 492 g/mol. The first kappa shape index (κ1) is 24.3. The molecule has 0 aliphatic carbocycles. The van der Waals surface area contributed by atoms with E-state index in [2.05, 4.69) is 10.4 Å². The molecule has 3 aromatic rings. The lowest BCUT2D eigenvalue weighted by atomic mass is 10.1. The molecule has 174 valence electrons. The van der Waals surface area contributed by atoms with Gasteiger partial charge in [0.15, 0.2) is 12.4 Å². The largest absolute Gasteiger partial charge is 0.471 e. The van der Waals surface area contributed by atoms with E-state index in [0.29, 0.717) is 22.8 Å². The van der Waals surface area contributed by atoms with Gasteiger partial charge in [0.05, 0.1) is 19.3 Å². The van der Waals surface area contributed by atoms with E-state index in [4.69, 9.17) is 25.8 Å². The zero-order valence-electron chi connectivity index (χ0n) is 18.2. The number of nitrogens with zero attached hydrogens (tertiary/aromatic N) is 2. The van der Waals surface area contributed by atoms with Crippen molar-refractivity contribution in [1.29, 1.82) is 0 Å². The maximum atomic E-state index is 12.8. The Hall–Kier alpha value is -3.37. The molecule has 0 spiro atoms. The van der Waals surface area contributed by atoms with Gasteiger partial charge in [-0.25, -0.2) is 14.3 Å². The Morgan fingerprint density at radius 3 is 2.55 bits per heavy atom. The maximum absolute atomic E-state index is 12.8. The summed E-state index contributed by atoms with van der Waals surface area (Å²) < 4.78 is 17.0. The predicted octanol–water partition coefficient (Wildman–Crippen LogP) is 4.55. The zero-order valence-corrected chi connectivity index (χ0v) is 19.8. The van der Waals surface area contributed by atoms with Crippen LogP contribution in [0, 0.1) is 6.92 Å². The van der Waals surface area contributed by atoms with Crippen molar-refractivity contribution < 1.29 is 28.6 Å². The van der Waals surface area contributed by atoms with Crippen LogP contribution in [-0.2, 0) is 16.2 Å². The molecule has 1 aromatic carbocycles. The molecular weight excluding hydrogens is 470 g/mol. The third-order valence-corrected chi connectivity index (χ3v) is 5.88. The normalized spacial score (nSPS) is 10.5. The summed E-state index contributed by atoms with van der Waals surface area (Å²) in [7, 11) is 1.24. The number of ether oxygens (including phenoxy) is 3. The standard InChI is InChI=1S/C22H22ClN3O6S/c1-4-11-31-21(28)17-13(2)18(22(29)30-3)33-20(17)24-19(27)16-9-10-26(25-16)12-32-15-7-5-14(23)6-8-15/h5-10H,4,11-12H2,1-3H3,(H,24,27). The van der Waals surface area contributed by atoms with Crippen LogP contribution in [0.3, 0.4) is 0 Å². The van der Waals surface area contributed by atoms with Crippen molar-refractivity contribution in [3.8, 4) is 5.75 Å². The van der Waals surface area contributed by atoms with Crippen LogP contribution < -0.4 is 10.1 Å². The molecular formula is C22H22ClN3O6S. The minimum absolute atomic E-state index is 0.0775. The number of hydrogen-bond acceptors (Lipinski definition) is 8. The number of amides is 1.